The van der Waals surface area contributed by atoms with Gasteiger partial charge in [-0.2, -0.15) is 0 Å². The number of carboxylic acids is 1. The number of carbonyl (C=O) groups is 2. The predicted octanol–water partition coefficient (Wildman–Crippen LogP) is 0.492. The molecule has 1 amide bonds. The van der Waals surface area contributed by atoms with Crippen LogP contribution in [0.2, 0.25) is 0 Å². The van der Waals surface area contributed by atoms with Crippen molar-refractivity contribution in [1.29, 1.82) is 0 Å². The van der Waals surface area contributed by atoms with Crippen LogP contribution in [0.3, 0.4) is 0 Å². The molecule has 0 spiro atoms. The zero-order chi connectivity index (χ0) is 15.5. The van der Waals surface area contributed by atoms with Gasteiger partial charge < -0.3 is 10.0 Å². The molecule has 1 atom stereocenters. The maximum absolute atomic E-state index is 12.0. The summed E-state index contributed by atoms with van der Waals surface area (Å²) in [6.07, 6.45) is 1.06. The molecule has 0 bridgehead atoms. The molecule has 1 aromatic rings. The normalized spacial score (nSPS) is 18.9. The van der Waals surface area contributed by atoms with Crippen LogP contribution in [0.25, 0.3) is 0 Å². The quantitative estimate of drug-likeness (QED) is 0.789. The number of carbonyl (C=O) groups excluding carboxylic acids is 1. The molecule has 2 N–H and O–H groups in total. The molecule has 0 unspecified atom stereocenters. The van der Waals surface area contributed by atoms with E-state index in [1.165, 1.54) is 11.0 Å². The summed E-state index contributed by atoms with van der Waals surface area (Å²) in [4.78, 5) is 24.3. The minimum absolute atomic E-state index is 0.0398. The van der Waals surface area contributed by atoms with E-state index in [0.717, 1.165) is 11.3 Å². The number of rotatable bonds is 6. The molecule has 21 heavy (non-hydrogen) atoms. The number of carboxylic acid groups (broad SMARTS) is 1. The van der Waals surface area contributed by atoms with Crippen LogP contribution in [0.5, 0.6) is 0 Å². The fraction of sp³-hybridized carbons (Fsp3) is 0.500. The molecule has 1 aliphatic rings. The third kappa shape index (κ3) is 3.80. The Morgan fingerprint density at radius 2 is 2.24 bits per heavy atom. The highest BCUT2D eigenvalue weighted by molar-refractivity contribution is 7.91. The van der Waals surface area contributed by atoms with Gasteiger partial charge in [-0.3, -0.25) is 4.79 Å². The van der Waals surface area contributed by atoms with Crippen molar-refractivity contribution >= 4 is 33.2 Å². The highest BCUT2D eigenvalue weighted by Crippen LogP contribution is 2.18. The Kier molecular flexibility index (Phi) is 4.96. The monoisotopic (exact) mass is 332 g/mol. The molecular formula is C12H16N2O5S2. The number of hydrogen-bond acceptors (Lipinski definition) is 5. The first-order chi connectivity index (χ1) is 9.92. The molecule has 7 nitrogen and oxygen atoms in total. The van der Waals surface area contributed by atoms with Crippen molar-refractivity contribution in [1.82, 2.24) is 9.62 Å². The van der Waals surface area contributed by atoms with Crippen molar-refractivity contribution < 1.29 is 23.1 Å². The van der Waals surface area contributed by atoms with Crippen LogP contribution in [0, 0.1) is 0 Å². The summed E-state index contributed by atoms with van der Waals surface area (Å²) in [5.41, 5.74) is 0. The number of sulfonamides is 1. The lowest BCUT2D eigenvalue weighted by molar-refractivity contribution is -0.148. The van der Waals surface area contributed by atoms with Gasteiger partial charge in [0.1, 0.15) is 10.3 Å². The number of amides is 1. The lowest BCUT2D eigenvalue weighted by Crippen LogP contribution is -2.41. The molecular weight excluding hydrogens is 316 g/mol. The number of likely N-dealkylation sites (tertiary alicyclic amines) is 1. The molecule has 0 radical (unpaired) electrons. The molecule has 0 aliphatic carbocycles. The van der Waals surface area contributed by atoms with Gasteiger partial charge in [0.25, 0.3) is 0 Å². The minimum Gasteiger partial charge on any atom is -0.480 e. The SMILES string of the molecule is O=C(O)[C@H]1CCCN1C(=O)CCNS(=O)(=O)c1cccs1. The van der Waals surface area contributed by atoms with Gasteiger partial charge in [0.05, 0.1) is 0 Å². The first kappa shape index (κ1) is 15.9. The van der Waals surface area contributed by atoms with E-state index < -0.39 is 22.0 Å². The highest BCUT2D eigenvalue weighted by atomic mass is 32.2. The molecule has 2 heterocycles. The van der Waals surface area contributed by atoms with E-state index >= 15 is 0 Å². The first-order valence-electron chi connectivity index (χ1n) is 6.47. The van der Waals surface area contributed by atoms with Gasteiger partial charge in [-0.05, 0) is 24.3 Å². The third-order valence-corrected chi connectivity index (χ3v) is 6.11. The van der Waals surface area contributed by atoms with Crippen LogP contribution in [0.15, 0.2) is 21.7 Å². The predicted molar refractivity (Wildman–Crippen MR) is 76.5 cm³/mol. The Balaban J connectivity index is 1.86. The Labute approximate surface area is 126 Å². The van der Waals surface area contributed by atoms with E-state index in [0.29, 0.717) is 19.4 Å². The summed E-state index contributed by atoms with van der Waals surface area (Å²) in [7, 11) is -3.58. The van der Waals surface area contributed by atoms with E-state index in [1.807, 2.05) is 0 Å². The van der Waals surface area contributed by atoms with Crippen molar-refractivity contribution in [2.75, 3.05) is 13.1 Å². The Morgan fingerprint density at radius 1 is 1.48 bits per heavy atom. The second kappa shape index (κ2) is 6.54. The van der Waals surface area contributed by atoms with Gasteiger partial charge >= 0.3 is 5.97 Å². The number of thiophene rings is 1. The molecule has 1 aliphatic heterocycles. The third-order valence-electron chi connectivity index (χ3n) is 3.25. The van der Waals surface area contributed by atoms with Crippen LogP contribution < -0.4 is 4.72 Å². The Morgan fingerprint density at radius 3 is 2.86 bits per heavy atom. The van der Waals surface area contributed by atoms with Crippen LogP contribution in [-0.4, -0.2) is 49.4 Å². The van der Waals surface area contributed by atoms with Crippen molar-refractivity contribution in [2.24, 2.45) is 0 Å². The zero-order valence-electron chi connectivity index (χ0n) is 11.2. The molecule has 0 saturated carbocycles. The van der Waals surface area contributed by atoms with Crippen LogP contribution in [0.4, 0.5) is 0 Å². The summed E-state index contributed by atoms with van der Waals surface area (Å²) in [5.74, 6) is -1.35. The lowest BCUT2D eigenvalue weighted by atomic mass is 10.2. The van der Waals surface area contributed by atoms with Gasteiger partial charge in [0, 0.05) is 19.5 Å². The molecule has 1 saturated heterocycles. The molecule has 116 valence electrons. The van der Waals surface area contributed by atoms with Gasteiger partial charge in [-0.15, -0.1) is 11.3 Å². The number of aliphatic carboxylic acids is 1. The smallest absolute Gasteiger partial charge is 0.326 e. The topological polar surface area (TPSA) is 104 Å². The zero-order valence-corrected chi connectivity index (χ0v) is 12.8. The fourth-order valence-corrected chi connectivity index (χ4v) is 4.31. The van der Waals surface area contributed by atoms with Crippen LogP contribution >= 0.6 is 11.3 Å². The van der Waals surface area contributed by atoms with E-state index in [1.54, 1.807) is 11.4 Å². The highest BCUT2D eigenvalue weighted by Gasteiger charge is 2.33. The maximum Gasteiger partial charge on any atom is 0.326 e. The van der Waals surface area contributed by atoms with Crippen LogP contribution in [0.1, 0.15) is 19.3 Å². The number of hydrogen-bond donors (Lipinski definition) is 2. The Bertz CT molecular complexity index is 612. The Hall–Kier alpha value is -1.45. The van der Waals surface area contributed by atoms with E-state index in [4.69, 9.17) is 5.11 Å². The molecule has 1 aromatic heterocycles. The lowest BCUT2D eigenvalue weighted by Gasteiger charge is -2.21. The van der Waals surface area contributed by atoms with E-state index in [2.05, 4.69) is 4.72 Å². The molecule has 1 fully saturated rings. The number of nitrogens with one attached hydrogen (secondary N) is 1. The molecule has 2 rings (SSSR count). The van der Waals surface area contributed by atoms with Crippen LogP contribution in [-0.2, 0) is 19.6 Å². The molecule has 0 aromatic carbocycles. The van der Waals surface area contributed by atoms with Gasteiger partial charge in [-0.1, -0.05) is 6.07 Å². The molecule has 9 heteroatoms. The summed E-state index contributed by atoms with van der Waals surface area (Å²) >= 11 is 1.09. The summed E-state index contributed by atoms with van der Waals surface area (Å²) in [6.45, 7) is 0.370. The van der Waals surface area contributed by atoms with Gasteiger partial charge in [-0.25, -0.2) is 17.9 Å². The summed E-state index contributed by atoms with van der Waals surface area (Å²) in [5, 5.41) is 10.7. The average molecular weight is 332 g/mol. The summed E-state index contributed by atoms with van der Waals surface area (Å²) in [6, 6.07) is 2.33. The van der Waals surface area contributed by atoms with Crippen molar-refractivity contribution in [2.45, 2.75) is 29.5 Å². The van der Waals surface area contributed by atoms with Crippen molar-refractivity contribution in [3.05, 3.63) is 17.5 Å². The van der Waals surface area contributed by atoms with E-state index in [-0.39, 0.29) is 23.1 Å². The average Bonchev–Trinajstić information content (AvgIpc) is 3.10. The maximum atomic E-state index is 12.0. The minimum atomic E-state index is -3.58. The number of nitrogens with zero attached hydrogens (tertiary/aromatic N) is 1. The van der Waals surface area contributed by atoms with Gasteiger partial charge in [0.15, 0.2) is 0 Å². The fourth-order valence-electron chi connectivity index (χ4n) is 2.25. The second-order valence-electron chi connectivity index (χ2n) is 4.66. The van der Waals surface area contributed by atoms with E-state index in [9.17, 15) is 18.0 Å². The van der Waals surface area contributed by atoms with Crippen molar-refractivity contribution in [3.8, 4) is 0 Å². The summed E-state index contributed by atoms with van der Waals surface area (Å²) < 4.78 is 26.2. The largest absolute Gasteiger partial charge is 0.480 e. The standard InChI is InChI=1S/C12H16N2O5S2/c15-10(14-7-1-3-9(14)12(16)17)5-6-13-21(18,19)11-4-2-8-20-11/h2,4,8-9,13H,1,3,5-7H2,(H,16,17)/t9-/m1/s1. The second-order valence-corrected chi connectivity index (χ2v) is 7.60. The first-order valence-corrected chi connectivity index (χ1v) is 8.83. The van der Waals surface area contributed by atoms with Gasteiger partial charge in [0.2, 0.25) is 15.9 Å². The van der Waals surface area contributed by atoms with Crippen molar-refractivity contribution in [3.63, 3.8) is 0 Å².